The maximum absolute atomic E-state index is 12.1. The molecule has 1 fully saturated rings. The highest BCUT2D eigenvalue weighted by molar-refractivity contribution is 5.86. The predicted octanol–water partition coefficient (Wildman–Crippen LogP) is 2.96. The van der Waals surface area contributed by atoms with E-state index in [1.165, 1.54) is 5.56 Å². The highest BCUT2D eigenvalue weighted by Gasteiger charge is 2.43. The molecule has 0 spiro atoms. The van der Waals surface area contributed by atoms with Gasteiger partial charge in [-0.2, -0.15) is 5.10 Å². The summed E-state index contributed by atoms with van der Waals surface area (Å²) in [5, 5.41) is 4.04. The van der Waals surface area contributed by atoms with E-state index in [9.17, 15) is 4.79 Å². The van der Waals surface area contributed by atoms with E-state index in [0.717, 1.165) is 12.0 Å². The molecule has 1 saturated carbocycles. The van der Waals surface area contributed by atoms with Crippen molar-refractivity contribution in [1.82, 2.24) is 5.43 Å². The SMILES string of the molecule is COc1ccc(/C=N\NC(=O)[C@@H]2C[C@H]2c2ccccc2)cc1OC. The van der Waals surface area contributed by atoms with Crippen molar-refractivity contribution < 1.29 is 14.3 Å². The van der Waals surface area contributed by atoms with Crippen molar-refractivity contribution in [3.63, 3.8) is 0 Å². The van der Waals surface area contributed by atoms with Crippen molar-refractivity contribution >= 4 is 12.1 Å². The van der Waals surface area contributed by atoms with Gasteiger partial charge < -0.3 is 9.47 Å². The number of rotatable bonds is 6. The average Bonchev–Trinajstić information content (AvgIpc) is 3.43. The number of carbonyl (C=O) groups is 1. The van der Waals surface area contributed by atoms with Gasteiger partial charge in [0.25, 0.3) is 0 Å². The summed E-state index contributed by atoms with van der Waals surface area (Å²) in [5.74, 6) is 1.56. The van der Waals surface area contributed by atoms with Crippen molar-refractivity contribution in [2.45, 2.75) is 12.3 Å². The molecule has 5 heteroatoms. The van der Waals surface area contributed by atoms with Gasteiger partial charge >= 0.3 is 0 Å². The first-order valence-electron chi connectivity index (χ1n) is 7.83. The first kappa shape index (κ1) is 16.1. The van der Waals surface area contributed by atoms with E-state index in [1.54, 1.807) is 32.6 Å². The molecule has 124 valence electrons. The number of hydrogen-bond donors (Lipinski definition) is 1. The molecule has 0 saturated heterocycles. The van der Waals surface area contributed by atoms with Crippen LogP contribution >= 0.6 is 0 Å². The largest absolute Gasteiger partial charge is 0.493 e. The number of hydrogen-bond acceptors (Lipinski definition) is 4. The zero-order chi connectivity index (χ0) is 16.9. The molecule has 1 amide bonds. The molecule has 0 bridgehead atoms. The number of ether oxygens (including phenoxy) is 2. The molecular formula is C19H20N2O3. The van der Waals surface area contributed by atoms with Gasteiger partial charge in [-0.15, -0.1) is 0 Å². The topological polar surface area (TPSA) is 59.9 Å². The molecule has 2 aromatic carbocycles. The van der Waals surface area contributed by atoms with Crippen LogP contribution in [-0.4, -0.2) is 26.3 Å². The van der Waals surface area contributed by atoms with Crippen LogP contribution in [0.25, 0.3) is 0 Å². The third-order valence-electron chi connectivity index (χ3n) is 4.15. The molecule has 0 aromatic heterocycles. The summed E-state index contributed by atoms with van der Waals surface area (Å²) in [6.07, 6.45) is 2.47. The molecule has 2 aromatic rings. The van der Waals surface area contributed by atoms with Crippen LogP contribution in [0.15, 0.2) is 53.6 Å². The molecular weight excluding hydrogens is 304 g/mol. The molecule has 3 rings (SSSR count). The first-order valence-corrected chi connectivity index (χ1v) is 7.83. The minimum absolute atomic E-state index is 0.00922. The van der Waals surface area contributed by atoms with Gasteiger partial charge in [0, 0.05) is 5.92 Å². The summed E-state index contributed by atoms with van der Waals surface area (Å²) in [6.45, 7) is 0. The van der Waals surface area contributed by atoms with Crippen LogP contribution in [0.2, 0.25) is 0 Å². The lowest BCUT2D eigenvalue weighted by molar-refractivity contribution is -0.122. The fourth-order valence-corrected chi connectivity index (χ4v) is 2.74. The molecule has 1 aliphatic rings. The van der Waals surface area contributed by atoms with Crippen molar-refractivity contribution in [3.05, 3.63) is 59.7 Å². The molecule has 0 radical (unpaired) electrons. The van der Waals surface area contributed by atoms with Gasteiger partial charge in [-0.1, -0.05) is 30.3 Å². The van der Waals surface area contributed by atoms with Gasteiger partial charge in [0.1, 0.15) is 0 Å². The second-order valence-corrected chi connectivity index (χ2v) is 5.71. The summed E-state index contributed by atoms with van der Waals surface area (Å²) in [7, 11) is 3.17. The highest BCUT2D eigenvalue weighted by Crippen LogP contribution is 2.47. The van der Waals surface area contributed by atoms with E-state index >= 15 is 0 Å². The van der Waals surface area contributed by atoms with Crippen LogP contribution in [0, 0.1) is 5.92 Å². The lowest BCUT2D eigenvalue weighted by Gasteiger charge is -2.07. The lowest BCUT2D eigenvalue weighted by Crippen LogP contribution is -2.20. The van der Waals surface area contributed by atoms with Gasteiger partial charge in [0.05, 0.1) is 20.4 Å². The standard InChI is InChI=1S/C19H20N2O3/c1-23-17-9-8-13(10-18(17)24-2)12-20-21-19(22)16-11-15(16)14-6-4-3-5-7-14/h3-10,12,15-16H,11H2,1-2H3,(H,21,22)/b20-12-/t15-,16+/m0/s1. The molecule has 24 heavy (non-hydrogen) atoms. The maximum atomic E-state index is 12.1. The number of nitrogens with one attached hydrogen (secondary N) is 1. The minimum atomic E-state index is -0.0411. The van der Waals surface area contributed by atoms with Gasteiger partial charge in [-0.25, -0.2) is 5.43 Å². The molecule has 1 N–H and O–H groups in total. The van der Waals surface area contributed by atoms with E-state index in [1.807, 2.05) is 24.3 Å². The van der Waals surface area contributed by atoms with Gasteiger partial charge in [0.15, 0.2) is 11.5 Å². The van der Waals surface area contributed by atoms with Crippen molar-refractivity contribution in [2.24, 2.45) is 11.0 Å². The first-order chi connectivity index (χ1) is 11.7. The summed E-state index contributed by atoms with van der Waals surface area (Å²) >= 11 is 0. The monoisotopic (exact) mass is 324 g/mol. The van der Waals surface area contributed by atoms with Crippen LogP contribution in [0.5, 0.6) is 11.5 Å². The fourth-order valence-electron chi connectivity index (χ4n) is 2.74. The molecule has 5 nitrogen and oxygen atoms in total. The normalized spacial score (nSPS) is 19.1. The second kappa shape index (κ2) is 7.17. The highest BCUT2D eigenvalue weighted by atomic mass is 16.5. The maximum Gasteiger partial charge on any atom is 0.243 e. The molecule has 2 atom stereocenters. The summed E-state index contributed by atoms with van der Waals surface area (Å²) < 4.78 is 10.4. The van der Waals surface area contributed by atoms with Gasteiger partial charge in [0.2, 0.25) is 5.91 Å². The van der Waals surface area contributed by atoms with E-state index in [2.05, 4.69) is 22.7 Å². The zero-order valence-electron chi connectivity index (χ0n) is 13.7. The Morgan fingerprint density at radius 2 is 1.88 bits per heavy atom. The number of amides is 1. The van der Waals surface area contributed by atoms with Crippen LogP contribution in [0.4, 0.5) is 0 Å². The van der Waals surface area contributed by atoms with Crippen molar-refractivity contribution in [2.75, 3.05) is 14.2 Å². The Morgan fingerprint density at radius 1 is 1.12 bits per heavy atom. The Morgan fingerprint density at radius 3 is 2.58 bits per heavy atom. The molecule has 1 aliphatic carbocycles. The van der Waals surface area contributed by atoms with Crippen molar-refractivity contribution in [3.8, 4) is 11.5 Å². The smallest absolute Gasteiger partial charge is 0.243 e. The number of nitrogens with zero attached hydrogens (tertiary/aromatic N) is 1. The Balaban J connectivity index is 1.56. The van der Waals surface area contributed by atoms with Gasteiger partial charge in [-0.3, -0.25) is 4.79 Å². The van der Waals surface area contributed by atoms with Gasteiger partial charge in [-0.05, 0) is 41.7 Å². The van der Waals surface area contributed by atoms with Crippen LogP contribution in [0.1, 0.15) is 23.5 Å². The summed E-state index contributed by atoms with van der Waals surface area (Å²) in [6, 6.07) is 15.5. The number of methoxy groups -OCH3 is 2. The van der Waals surface area contributed by atoms with E-state index in [-0.39, 0.29) is 11.8 Å². The second-order valence-electron chi connectivity index (χ2n) is 5.71. The minimum Gasteiger partial charge on any atom is -0.493 e. The Hall–Kier alpha value is -2.82. The Bertz CT molecular complexity index is 744. The predicted molar refractivity (Wildman–Crippen MR) is 92.6 cm³/mol. The van der Waals surface area contributed by atoms with Crippen molar-refractivity contribution in [1.29, 1.82) is 0 Å². The molecule has 0 aliphatic heterocycles. The van der Waals surface area contributed by atoms with Crippen LogP contribution in [-0.2, 0) is 4.79 Å². The number of carbonyl (C=O) groups excluding carboxylic acids is 1. The quantitative estimate of drug-likeness (QED) is 0.656. The molecule has 0 heterocycles. The number of benzene rings is 2. The van der Waals surface area contributed by atoms with E-state index in [4.69, 9.17) is 9.47 Å². The third-order valence-corrected chi connectivity index (χ3v) is 4.15. The Labute approximate surface area is 141 Å². The zero-order valence-corrected chi connectivity index (χ0v) is 13.7. The summed E-state index contributed by atoms with van der Waals surface area (Å²) in [5.41, 5.74) is 4.65. The molecule has 0 unspecified atom stereocenters. The summed E-state index contributed by atoms with van der Waals surface area (Å²) in [4.78, 5) is 12.1. The van der Waals surface area contributed by atoms with E-state index in [0.29, 0.717) is 17.4 Å². The van der Waals surface area contributed by atoms with Crippen LogP contribution in [0.3, 0.4) is 0 Å². The number of hydrazone groups is 1. The Kier molecular flexibility index (Phi) is 4.79. The lowest BCUT2D eigenvalue weighted by atomic mass is 10.1. The van der Waals surface area contributed by atoms with E-state index < -0.39 is 0 Å². The average molecular weight is 324 g/mol. The fraction of sp³-hybridized carbons (Fsp3) is 0.263. The third kappa shape index (κ3) is 3.56. The van der Waals surface area contributed by atoms with Crippen LogP contribution < -0.4 is 14.9 Å².